The van der Waals surface area contributed by atoms with Crippen molar-refractivity contribution in [1.29, 1.82) is 0 Å². The van der Waals surface area contributed by atoms with Crippen molar-refractivity contribution >= 4 is 11.8 Å². The molecule has 1 N–H and O–H groups in total. The first-order valence-electron chi connectivity index (χ1n) is 6.91. The summed E-state index contributed by atoms with van der Waals surface area (Å²) in [5, 5.41) is 3.40. The van der Waals surface area contributed by atoms with Crippen LogP contribution in [-0.4, -0.2) is 15.7 Å². The molecule has 2 heterocycles. The van der Waals surface area contributed by atoms with Gasteiger partial charge in [0.1, 0.15) is 5.82 Å². The van der Waals surface area contributed by atoms with Crippen LogP contribution in [0.25, 0.3) is 0 Å². The molecule has 1 aliphatic carbocycles. The minimum atomic E-state index is 0.732. The molecule has 0 amide bonds. The molecule has 1 aliphatic heterocycles. The van der Waals surface area contributed by atoms with Crippen LogP contribution in [0.15, 0.2) is 0 Å². The number of nitrogens with one attached hydrogen (secondary N) is 1. The average Bonchev–Trinajstić information content (AvgIpc) is 3.06. The SMILES string of the molecule is CC(C)CSCc1nc2c(c(C3CC3)n1)CNC2. The van der Waals surface area contributed by atoms with Gasteiger partial charge in [-0.2, -0.15) is 11.8 Å². The molecule has 0 saturated heterocycles. The lowest BCUT2D eigenvalue weighted by atomic mass is 10.1. The Bertz CT molecular complexity index is 441. The quantitative estimate of drug-likeness (QED) is 0.886. The summed E-state index contributed by atoms with van der Waals surface area (Å²) in [6.45, 7) is 6.42. The highest BCUT2D eigenvalue weighted by Gasteiger charge is 2.31. The fraction of sp³-hybridized carbons (Fsp3) is 0.714. The maximum atomic E-state index is 4.83. The molecular formula is C14H21N3S. The summed E-state index contributed by atoms with van der Waals surface area (Å²) >= 11 is 1.96. The van der Waals surface area contributed by atoms with Gasteiger partial charge in [-0.3, -0.25) is 0 Å². The second-order valence-corrected chi connectivity index (χ2v) is 6.77. The van der Waals surface area contributed by atoms with Crippen molar-refractivity contribution < 1.29 is 0 Å². The van der Waals surface area contributed by atoms with Crippen LogP contribution in [0.5, 0.6) is 0 Å². The highest BCUT2D eigenvalue weighted by Crippen LogP contribution is 2.41. The largest absolute Gasteiger partial charge is 0.307 e. The van der Waals surface area contributed by atoms with Crippen LogP contribution in [-0.2, 0) is 18.8 Å². The van der Waals surface area contributed by atoms with Crippen LogP contribution in [0.3, 0.4) is 0 Å². The maximum absolute atomic E-state index is 4.83. The van der Waals surface area contributed by atoms with Gasteiger partial charge in [0.25, 0.3) is 0 Å². The lowest BCUT2D eigenvalue weighted by Gasteiger charge is -2.09. The third-order valence-corrected chi connectivity index (χ3v) is 4.78. The smallest absolute Gasteiger partial charge is 0.138 e. The van der Waals surface area contributed by atoms with Crippen LogP contribution in [0.4, 0.5) is 0 Å². The molecule has 1 fully saturated rings. The number of aromatic nitrogens is 2. The number of hydrogen-bond donors (Lipinski definition) is 1. The monoisotopic (exact) mass is 263 g/mol. The number of rotatable bonds is 5. The number of nitrogens with zero attached hydrogens (tertiary/aromatic N) is 2. The molecule has 1 aromatic heterocycles. The van der Waals surface area contributed by atoms with E-state index < -0.39 is 0 Å². The van der Waals surface area contributed by atoms with Crippen molar-refractivity contribution in [1.82, 2.24) is 15.3 Å². The summed E-state index contributed by atoms with van der Waals surface area (Å²) in [6, 6.07) is 0. The molecule has 18 heavy (non-hydrogen) atoms. The van der Waals surface area contributed by atoms with Gasteiger partial charge in [0.05, 0.1) is 17.1 Å². The molecule has 4 heteroatoms. The van der Waals surface area contributed by atoms with Gasteiger partial charge in [-0.25, -0.2) is 9.97 Å². The average molecular weight is 263 g/mol. The fourth-order valence-electron chi connectivity index (χ4n) is 2.39. The predicted octanol–water partition coefficient (Wildman–Crippen LogP) is 2.85. The Hall–Kier alpha value is -0.610. The van der Waals surface area contributed by atoms with Crippen molar-refractivity contribution in [3.63, 3.8) is 0 Å². The lowest BCUT2D eigenvalue weighted by Crippen LogP contribution is -2.05. The van der Waals surface area contributed by atoms with Gasteiger partial charge in [0.15, 0.2) is 0 Å². The standard InChI is InChI=1S/C14H21N3S/c1-9(2)7-18-8-13-16-12-6-15-5-11(12)14(17-13)10-3-4-10/h9-10,15H,3-8H2,1-2H3. The van der Waals surface area contributed by atoms with E-state index in [2.05, 4.69) is 19.2 Å². The number of fused-ring (bicyclic) bond motifs is 1. The summed E-state index contributed by atoms with van der Waals surface area (Å²) in [7, 11) is 0. The van der Waals surface area contributed by atoms with Crippen molar-refractivity contribution in [2.45, 2.75) is 51.4 Å². The Balaban J connectivity index is 1.76. The summed E-state index contributed by atoms with van der Waals surface area (Å²) in [5.41, 5.74) is 4.01. The summed E-state index contributed by atoms with van der Waals surface area (Å²) in [4.78, 5) is 9.56. The summed E-state index contributed by atoms with van der Waals surface area (Å²) < 4.78 is 0. The molecule has 0 atom stereocenters. The van der Waals surface area contributed by atoms with Gasteiger partial charge < -0.3 is 5.32 Å². The number of hydrogen-bond acceptors (Lipinski definition) is 4. The molecule has 0 unspecified atom stereocenters. The van der Waals surface area contributed by atoms with Gasteiger partial charge >= 0.3 is 0 Å². The van der Waals surface area contributed by atoms with Crippen molar-refractivity contribution in [2.24, 2.45) is 5.92 Å². The molecule has 3 nitrogen and oxygen atoms in total. The highest BCUT2D eigenvalue weighted by atomic mass is 32.2. The van der Waals surface area contributed by atoms with E-state index in [1.165, 1.54) is 35.5 Å². The first-order chi connectivity index (χ1) is 8.74. The Morgan fingerprint density at radius 2 is 2.11 bits per heavy atom. The van der Waals surface area contributed by atoms with E-state index in [1.54, 1.807) is 0 Å². The van der Waals surface area contributed by atoms with E-state index in [4.69, 9.17) is 9.97 Å². The minimum Gasteiger partial charge on any atom is -0.307 e. The molecule has 0 bridgehead atoms. The normalized spacial score (nSPS) is 18.4. The Morgan fingerprint density at radius 1 is 1.28 bits per heavy atom. The zero-order valence-electron chi connectivity index (χ0n) is 11.2. The van der Waals surface area contributed by atoms with Gasteiger partial charge in [-0.15, -0.1) is 0 Å². The van der Waals surface area contributed by atoms with Gasteiger partial charge in [0, 0.05) is 24.6 Å². The number of thioether (sulfide) groups is 1. The molecule has 0 spiro atoms. The van der Waals surface area contributed by atoms with Crippen LogP contribution < -0.4 is 5.32 Å². The molecule has 0 radical (unpaired) electrons. The zero-order chi connectivity index (χ0) is 12.5. The summed E-state index contributed by atoms with van der Waals surface area (Å²) in [5.74, 6) is 4.68. The fourth-order valence-corrected chi connectivity index (χ4v) is 3.29. The van der Waals surface area contributed by atoms with Gasteiger partial charge in [-0.1, -0.05) is 13.8 Å². The van der Waals surface area contributed by atoms with E-state index in [-0.39, 0.29) is 0 Å². The van der Waals surface area contributed by atoms with Gasteiger partial charge in [0.2, 0.25) is 0 Å². The van der Waals surface area contributed by atoms with E-state index in [1.807, 2.05) is 11.8 Å². The maximum Gasteiger partial charge on any atom is 0.138 e. The van der Waals surface area contributed by atoms with Crippen LogP contribution in [0.1, 0.15) is 55.4 Å². The zero-order valence-corrected chi connectivity index (χ0v) is 12.0. The van der Waals surface area contributed by atoms with Crippen LogP contribution >= 0.6 is 11.8 Å². The highest BCUT2D eigenvalue weighted by molar-refractivity contribution is 7.98. The minimum absolute atomic E-state index is 0.732. The first kappa shape index (κ1) is 12.4. The van der Waals surface area contributed by atoms with Crippen LogP contribution in [0.2, 0.25) is 0 Å². The molecule has 1 saturated carbocycles. The first-order valence-corrected chi connectivity index (χ1v) is 8.06. The van der Waals surface area contributed by atoms with E-state index in [9.17, 15) is 0 Å². The predicted molar refractivity (Wildman–Crippen MR) is 75.6 cm³/mol. The second kappa shape index (κ2) is 5.17. The van der Waals surface area contributed by atoms with Crippen molar-refractivity contribution in [3.05, 3.63) is 22.8 Å². The molecule has 1 aromatic rings. The van der Waals surface area contributed by atoms with E-state index in [0.29, 0.717) is 0 Å². The molecule has 98 valence electrons. The molecule has 0 aromatic carbocycles. The topological polar surface area (TPSA) is 37.8 Å². The van der Waals surface area contributed by atoms with E-state index in [0.717, 1.165) is 36.5 Å². The summed E-state index contributed by atoms with van der Waals surface area (Å²) in [6.07, 6.45) is 2.64. The van der Waals surface area contributed by atoms with Crippen molar-refractivity contribution in [3.8, 4) is 0 Å². The molecular weight excluding hydrogens is 242 g/mol. The van der Waals surface area contributed by atoms with E-state index >= 15 is 0 Å². The second-order valence-electron chi connectivity index (χ2n) is 5.74. The Kier molecular flexibility index (Phi) is 3.57. The van der Waals surface area contributed by atoms with Crippen LogP contribution in [0, 0.1) is 5.92 Å². The third-order valence-electron chi connectivity index (χ3n) is 3.41. The Labute approximate surface area is 113 Å². The third kappa shape index (κ3) is 2.69. The molecule has 2 aliphatic rings. The molecule has 3 rings (SSSR count). The lowest BCUT2D eigenvalue weighted by molar-refractivity contribution is 0.749. The van der Waals surface area contributed by atoms with Gasteiger partial charge in [-0.05, 0) is 24.5 Å². The van der Waals surface area contributed by atoms with Crippen molar-refractivity contribution in [2.75, 3.05) is 5.75 Å². The Morgan fingerprint density at radius 3 is 2.83 bits per heavy atom.